The average molecular weight is 581 g/mol. The number of fused-ring (bicyclic) bond motifs is 1. The van der Waals surface area contributed by atoms with Gasteiger partial charge in [0.05, 0.1) is 0 Å². The molecule has 1 aromatic heterocycles. The van der Waals surface area contributed by atoms with Crippen LogP contribution in [0.4, 0.5) is 0 Å². The molecule has 0 aliphatic carbocycles. The van der Waals surface area contributed by atoms with Gasteiger partial charge in [-0.3, -0.25) is 5.73 Å². The van der Waals surface area contributed by atoms with Gasteiger partial charge >= 0.3 is 6.34 Å². The lowest BCUT2D eigenvalue weighted by atomic mass is 9.96. The molecule has 7 aromatic rings. The molecular weight excluding hydrogens is 550 g/mol. The maximum absolute atomic E-state index is 5.46. The minimum atomic E-state index is 0.644. The van der Waals surface area contributed by atoms with E-state index in [-0.39, 0.29) is 0 Å². The van der Waals surface area contributed by atoms with E-state index in [9.17, 15) is 0 Å². The van der Waals surface area contributed by atoms with Crippen LogP contribution in [0.1, 0.15) is 12.5 Å². The van der Waals surface area contributed by atoms with Gasteiger partial charge in [-0.25, -0.2) is 19.6 Å². The molecule has 5 heteroatoms. The van der Waals surface area contributed by atoms with E-state index in [4.69, 9.17) is 20.7 Å². The van der Waals surface area contributed by atoms with Crippen molar-refractivity contribution in [2.45, 2.75) is 6.92 Å². The van der Waals surface area contributed by atoms with Gasteiger partial charge in [0.15, 0.2) is 17.5 Å². The van der Waals surface area contributed by atoms with Gasteiger partial charge in [0, 0.05) is 29.2 Å². The topological polar surface area (TPSA) is 78.8 Å². The van der Waals surface area contributed by atoms with Crippen LogP contribution in [0.15, 0.2) is 146 Å². The van der Waals surface area contributed by atoms with E-state index in [1.807, 2.05) is 67.6 Å². The number of aromatic nitrogens is 3. The van der Waals surface area contributed by atoms with Crippen LogP contribution in [0.5, 0.6) is 0 Å². The minimum absolute atomic E-state index is 0.644. The van der Waals surface area contributed by atoms with Crippen molar-refractivity contribution in [2.75, 3.05) is 0 Å². The summed E-state index contributed by atoms with van der Waals surface area (Å²) >= 11 is 0. The predicted octanol–water partition coefficient (Wildman–Crippen LogP) is 8.22. The molecule has 0 bridgehead atoms. The molecule has 0 saturated heterocycles. The van der Waals surface area contributed by atoms with Crippen LogP contribution in [0, 0.1) is 0 Å². The number of rotatable bonds is 6. The van der Waals surface area contributed by atoms with Gasteiger partial charge in [-0.2, -0.15) is 0 Å². The molecule has 0 aliphatic rings. The molecule has 45 heavy (non-hydrogen) atoms. The van der Waals surface area contributed by atoms with E-state index >= 15 is 0 Å². The molecule has 0 unspecified atom stereocenters. The fourth-order valence-electron chi connectivity index (χ4n) is 5.45. The molecule has 1 heterocycles. The number of hydrogen-bond acceptors (Lipinski definition) is 3. The standard InChI is InChI=1S/C40H29N5/c1-27(42-26-41)28-12-14-29(15-13-28)35-22-18-31-19-23-36(25-37(31)24-35)30-16-20-34(21-17-30)40-44-38(32-8-4-2-5-9-32)43-39(45-40)33-10-6-3-7-11-33/h2-26,41H,1H3/p+1. The molecule has 0 aliphatic heterocycles. The Morgan fingerprint density at radius 3 is 1.33 bits per heavy atom. The molecule has 0 atom stereocenters. The van der Waals surface area contributed by atoms with E-state index in [1.54, 1.807) is 0 Å². The van der Waals surface area contributed by atoms with Crippen molar-refractivity contribution in [2.24, 2.45) is 5.73 Å². The third kappa shape index (κ3) is 5.89. The summed E-state index contributed by atoms with van der Waals surface area (Å²) in [5.74, 6) is 1.95. The van der Waals surface area contributed by atoms with Crippen molar-refractivity contribution < 1.29 is 0 Å². The lowest BCUT2D eigenvalue weighted by Crippen LogP contribution is -2.03. The van der Waals surface area contributed by atoms with E-state index in [2.05, 4.69) is 89.6 Å². The molecule has 0 spiro atoms. The maximum Gasteiger partial charge on any atom is 0.329 e. The van der Waals surface area contributed by atoms with Crippen molar-refractivity contribution in [3.8, 4) is 56.4 Å². The van der Waals surface area contributed by atoms with Gasteiger partial charge in [-0.15, -0.1) is 0 Å². The second-order valence-electron chi connectivity index (χ2n) is 10.8. The van der Waals surface area contributed by atoms with Crippen LogP contribution in [-0.2, 0) is 0 Å². The number of nitrogens with zero attached hydrogens (tertiary/aromatic N) is 4. The average Bonchev–Trinajstić information content (AvgIpc) is 3.12. The summed E-state index contributed by atoms with van der Waals surface area (Å²) in [6.45, 7) is 1.95. The molecule has 0 saturated carbocycles. The summed E-state index contributed by atoms with van der Waals surface area (Å²) in [5.41, 5.74) is 14.8. The van der Waals surface area contributed by atoms with Gasteiger partial charge in [0.2, 0.25) is 5.71 Å². The molecule has 0 amide bonds. The van der Waals surface area contributed by atoms with Crippen molar-refractivity contribution in [1.82, 2.24) is 19.6 Å². The Balaban J connectivity index is 1.21. The van der Waals surface area contributed by atoms with Gasteiger partial charge < -0.3 is 0 Å². The Labute approximate surface area is 262 Å². The quantitative estimate of drug-likeness (QED) is 0.122. The second kappa shape index (κ2) is 12.2. The molecule has 2 N–H and O–H groups in total. The van der Waals surface area contributed by atoms with Crippen LogP contribution in [0.2, 0.25) is 0 Å². The molecule has 0 radical (unpaired) electrons. The zero-order valence-corrected chi connectivity index (χ0v) is 24.8. The van der Waals surface area contributed by atoms with E-state index in [0.717, 1.165) is 44.7 Å². The smallest absolute Gasteiger partial charge is 0.280 e. The Bertz CT molecular complexity index is 2120. The Hall–Kier alpha value is -6.16. The number of benzene rings is 6. The summed E-state index contributed by atoms with van der Waals surface area (Å²) < 4.78 is 4.19. The summed E-state index contributed by atoms with van der Waals surface area (Å²) in [6.07, 6.45) is 1.33. The van der Waals surface area contributed by atoms with Crippen LogP contribution < -0.4 is 10.4 Å². The Morgan fingerprint density at radius 1 is 0.467 bits per heavy atom. The summed E-state index contributed by atoms with van der Waals surface area (Å²) in [4.78, 5) is 14.5. The summed E-state index contributed by atoms with van der Waals surface area (Å²) in [6, 6.07) is 50.1. The largest absolute Gasteiger partial charge is 0.329 e. The van der Waals surface area contributed by atoms with Crippen molar-refractivity contribution in [1.29, 1.82) is 0 Å². The van der Waals surface area contributed by atoms with Gasteiger partial charge in [-0.05, 0) is 57.3 Å². The molecule has 5 nitrogen and oxygen atoms in total. The Kier molecular flexibility index (Phi) is 7.51. The molecule has 6 aromatic carbocycles. The fraction of sp³-hybridized carbons (Fsp3) is 0.0250. The zero-order valence-electron chi connectivity index (χ0n) is 24.8. The highest BCUT2D eigenvalue weighted by Gasteiger charge is 2.12. The highest BCUT2D eigenvalue weighted by Crippen LogP contribution is 2.31. The van der Waals surface area contributed by atoms with E-state index < -0.39 is 0 Å². The van der Waals surface area contributed by atoms with Gasteiger partial charge in [0.1, 0.15) is 0 Å². The van der Waals surface area contributed by atoms with Gasteiger partial charge in [0.25, 0.3) is 0 Å². The monoisotopic (exact) mass is 580 g/mol. The van der Waals surface area contributed by atoms with Crippen LogP contribution in [-0.4, -0.2) is 27.0 Å². The third-order valence-corrected chi connectivity index (χ3v) is 7.92. The minimum Gasteiger partial charge on any atom is -0.280 e. The van der Waals surface area contributed by atoms with E-state index in [0.29, 0.717) is 17.5 Å². The molecular formula is C40H30N5+. The van der Waals surface area contributed by atoms with Crippen LogP contribution >= 0.6 is 0 Å². The molecule has 0 fully saturated rings. The highest BCUT2D eigenvalue weighted by atomic mass is 15.0. The third-order valence-electron chi connectivity index (χ3n) is 7.92. The Morgan fingerprint density at radius 2 is 0.867 bits per heavy atom. The van der Waals surface area contributed by atoms with Gasteiger partial charge in [-0.1, -0.05) is 121 Å². The second-order valence-corrected chi connectivity index (χ2v) is 10.8. The molecule has 214 valence electrons. The molecule has 7 rings (SSSR count). The van der Waals surface area contributed by atoms with Crippen molar-refractivity contribution >= 4 is 22.8 Å². The zero-order chi connectivity index (χ0) is 30.6. The lowest BCUT2D eigenvalue weighted by Gasteiger charge is -2.10. The van der Waals surface area contributed by atoms with E-state index in [1.165, 1.54) is 22.7 Å². The first kappa shape index (κ1) is 27.7. The first-order chi connectivity index (χ1) is 22.1. The maximum atomic E-state index is 5.46. The SMILES string of the molecule is CC(=[N+]=CN)c1ccc(-c2ccc3ccc(-c4ccc(-c5nc(-c6ccccc6)nc(-c6ccccc6)n5)cc4)cc3c2)cc1. The van der Waals surface area contributed by atoms with Crippen molar-refractivity contribution in [3.05, 3.63) is 151 Å². The highest BCUT2D eigenvalue weighted by molar-refractivity contribution is 5.99. The van der Waals surface area contributed by atoms with Crippen LogP contribution in [0.25, 0.3) is 67.2 Å². The lowest BCUT2D eigenvalue weighted by molar-refractivity contribution is 1.07. The normalized spacial score (nSPS) is 10.8. The first-order valence-corrected chi connectivity index (χ1v) is 14.8. The van der Waals surface area contributed by atoms with Crippen molar-refractivity contribution in [3.63, 3.8) is 0 Å². The summed E-state index contributed by atoms with van der Waals surface area (Å²) in [5, 5.41) is 2.38. The summed E-state index contributed by atoms with van der Waals surface area (Å²) in [7, 11) is 0. The predicted molar refractivity (Wildman–Crippen MR) is 187 cm³/mol. The fourth-order valence-corrected chi connectivity index (χ4v) is 5.45. The number of hydrogen-bond donors (Lipinski definition) is 1. The van der Waals surface area contributed by atoms with Crippen LogP contribution in [0.3, 0.4) is 0 Å². The first-order valence-electron chi connectivity index (χ1n) is 14.8. The number of nitrogens with two attached hydrogens (primary N) is 1.